The Morgan fingerprint density at radius 1 is 0.870 bits per heavy atom. The van der Waals surface area contributed by atoms with Gasteiger partial charge < -0.3 is 16.0 Å². The van der Waals surface area contributed by atoms with Gasteiger partial charge in [0, 0.05) is 24.6 Å². The number of carbonyl (C=O) groups excluding carboxylic acids is 3. The van der Waals surface area contributed by atoms with Crippen LogP contribution >= 0.6 is 0 Å². The lowest BCUT2D eigenvalue weighted by atomic mass is 9.63. The number of carbonyl (C=O) groups is 3. The Labute approximate surface area is 262 Å². The third-order valence-corrected chi connectivity index (χ3v) is 8.14. The molecule has 4 aromatic rings. The molecule has 0 unspecified atom stereocenters. The molecule has 3 N–H and O–H groups in total. The van der Waals surface area contributed by atoms with Crippen LogP contribution in [0.25, 0.3) is 0 Å². The molecule has 1 heterocycles. The molecule has 0 aliphatic carbocycles. The molecule has 0 fully saturated rings. The predicted octanol–water partition coefficient (Wildman–Crippen LogP) is 5.51. The van der Waals surface area contributed by atoms with Gasteiger partial charge in [0.2, 0.25) is 18.0 Å². The molecule has 0 radical (unpaired) electrons. The number of likely N-dealkylation sites (N-methyl/N-ethyl adjacent to an activating group) is 1. The fourth-order valence-corrected chi connectivity index (χ4v) is 5.97. The van der Waals surface area contributed by atoms with E-state index >= 15 is 0 Å². The number of aliphatic imine (C=N–C) groups is 1. The number of nitrogens with one attached hydrogen (secondary N) is 1. The minimum atomic E-state index is -4.71. The lowest BCUT2D eigenvalue weighted by Crippen LogP contribution is -2.56. The lowest BCUT2D eigenvalue weighted by Gasteiger charge is -2.39. The standard InChI is InChI=1S/C35H30F4N4O3/c1-43-28-15-9-8-14-26(28)29(22-10-4-2-5-11-22)41-30(32(43)45)42-31(44)27(20-21-34(37,38)39)35(33(40)46,23-12-6-3-7-13-23)24-16-18-25(36)19-17-24/h2-19,27,30H,20-21H2,1H3,(H2,40,46)(H,42,44)/t27-,30+,35+/m0/s1. The first kappa shape index (κ1) is 32.1. The summed E-state index contributed by atoms with van der Waals surface area (Å²) in [5, 5.41) is 2.55. The van der Waals surface area contributed by atoms with E-state index in [1.54, 1.807) is 72.8 Å². The smallest absolute Gasteiger partial charge is 0.369 e. The van der Waals surface area contributed by atoms with Gasteiger partial charge in [0.25, 0.3) is 5.91 Å². The summed E-state index contributed by atoms with van der Waals surface area (Å²) < 4.78 is 55.3. The van der Waals surface area contributed by atoms with Crippen LogP contribution in [0.2, 0.25) is 0 Å². The van der Waals surface area contributed by atoms with Crippen molar-refractivity contribution >= 4 is 29.1 Å². The second-order valence-electron chi connectivity index (χ2n) is 10.9. The zero-order valence-corrected chi connectivity index (χ0v) is 24.7. The number of primary amides is 1. The van der Waals surface area contributed by atoms with E-state index in [9.17, 15) is 31.9 Å². The zero-order chi connectivity index (χ0) is 33.1. The number of amides is 3. The van der Waals surface area contributed by atoms with Gasteiger partial charge in [-0.3, -0.25) is 14.4 Å². The van der Waals surface area contributed by atoms with Crippen molar-refractivity contribution in [3.05, 3.63) is 137 Å². The first-order chi connectivity index (χ1) is 21.9. The number of hydrogen-bond donors (Lipinski definition) is 2. The van der Waals surface area contributed by atoms with Crippen LogP contribution in [-0.2, 0) is 19.8 Å². The van der Waals surface area contributed by atoms with E-state index in [4.69, 9.17) is 5.73 Å². The molecular formula is C35H30F4N4O3. The van der Waals surface area contributed by atoms with Gasteiger partial charge in [-0.15, -0.1) is 0 Å². The van der Waals surface area contributed by atoms with Gasteiger partial charge in [-0.25, -0.2) is 9.38 Å². The molecule has 1 aliphatic rings. The SMILES string of the molecule is CN1C(=O)[C@@H](NC(=O)[C@H](CCC(F)(F)F)[C@@](C(N)=O)(c2ccccc2)c2ccc(F)cc2)N=C(c2ccccc2)c2ccccc21. The maximum Gasteiger partial charge on any atom is 0.389 e. The van der Waals surface area contributed by atoms with E-state index in [-0.39, 0.29) is 11.1 Å². The minimum Gasteiger partial charge on any atom is -0.369 e. The molecule has 7 nitrogen and oxygen atoms in total. The van der Waals surface area contributed by atoms with Gasteiger partial charge in [0.1, 0.15) is 11.2 Å². The van der Waals surface area contributed by atoms with Crippen LogP contribution in [0.15, 0.2) is 114 Å². The quantitative estimate of drug-likeness (QED) is 0.238. The molecule has 236 valence electrons. The van der Waals surface area contributed by atoms with E-state index in [1.807, 2.05) is 0 Å². The Morgan fingerprint density at radius 3 is 2.04 bits per heavy atom. The third kappa shape index (κ3) is 6.26. The van der Waals surface area contributed by atoms with Crippen molar-refractivity contribution in [2.45, 2.75) is 30.6 Å². The van der Waals surface area contributed by atoms with E-state index in [2.05, 4.69) is 10.3 Å². The highest BCUT2D eigenvalue weighted by Gasteiger charge is 2.52. The average Bonchev–Trinajstić information content (AvgIpc) is 3.14. The summed E-state index contributed by atoms with van der Waals surface area (Å²) in [6.07, 6.45) is -8.61. The van der Waals surface area contributed by atoms with Crippen molar-refractivity contribution in [1.82, 2.24) is 5.32 Å². The number of para-hydroxylation sites is 1. The Balaban J connectivity index is 1.67. The molecule has 0 saturated carbocycles. The molecule has 5 rings (SSSR count). The first-order valence-electron chi connectivity index (χ1n) is 14.4. The van der Waals surface area contributed by atoms with E-state index in [1.165, 1.54) is 36.2 Å². The van der Waals surface area contributed by atoms with Gasteiger partial charge in [-0.1, -0.05) is 91.0 Å². The average molecular weight is 631 g/mol. The van der Waals surface area contributed by atoms with Gasteiger partial charge in [-0.2, -0.15) is 13.2 Å². The van der Waals surface area contributed by atoms with Crippen LogP contribution in [0.5, 0.6) is 0 Å². The van der Waals surface area contributed by atoms with E-state index in [0.29, 0.717) is 22.5 Å². The molecule has 0 aromatic heterocycles. The second-order valence-corrected chi connectivity index (χ2v) is 10.9. The Kier molecular flexibility index (Phi) is 9.04. The number of benzodiazepines with no additional fused rings is 1. The number of nitrogens with zero attached hydrogens (tertiary/aromatic N) is 2. The number of alkyl halides is 3. The van der Waals surface area contributed by atoms with Crippen LogP contribution in [0.3, 0.4) is 0 Å². The summed E-state index contributed by atoms with van der Waals surface area (Å²) in [5.74, 6) is -5.31. The Morgan fingerprint density at radius 2 is 1.43 bits per heavy atom. The second kappa shape index (κ2) is 13.0. The van der Waals surface area contributed by atoms with Crippen LogP contribution in [-0.4, -0.2) is 42.8 Å². The summed E-state index contributed by atoms with van der Waals surface area (Å²) in [5.41, 5.74) is 6.08. The summed E-state index contributed by atoms with van der Waals surface area (Å²) in [7, 11) is 1.50. The molecular weight excluding hydrogens is 600 g/mol. The minimum absolute atomic E-state index is 0.0140. The number of rotatable bonds is 9. The molecule has 1 aliphatic heterocycles. The lowest BCUT2D eigenvalue weighted by molar-refractivity contribution is -0.146. The maximum atomic E-state index is 14.4. The largest absolute Gasteiger partial charge is 0.389 e. The Hall–Kier alpha value is -5.32. The summed E-state index contributed by atoms with van der Waals surface area (Å²) >= 11 is 0. The van der Waals surface area contributed by atoms with Crippen LogP contribution in [0.4, 0.5) is 23.2 Å². The van der Waals surface area contributed by atoms with Gasteiger partial charge in [0.05, 0.1) is 17.3 Å². The molecule has 3 atom stereocenters. The fraction of sp³-hybridized carbons (Fsp3) is 0.200. The maximum absolute atomic E-state index is 14.4. The number of nitrogens with two attached hydrogens (primary N) is 1. The molecule has 3 amide bonds. The van der Waals surface area contributed by atoms with Crippen molar-refractivity contribution in [2.24, 2.45) is 16.6 Å². The monoisotopic (exact) mass is 630 g/mol. The number of anilines is 1. The highest BCUT2D eigenvalue weighted by Crippen LogP contribution is 2.43. The molecule has 0 spiro atoms. The van der Waals surface area contributed by atoms with Crippen molar-refractivity contribution < 1.29 is 31.9 Å². The van der Waals surface area contributed by atoms with Crippen molar-refractivity contribution in [3.8, 4) is 0 Å². The molecule has 0 saturated heterocycles. The van der Waals surface area contributed by atoms with Crippen LogP contribution < -0.4 is 16.0 Å². The van der Waals surface area contributed by atoms with Crippen LogP contribution in [0, 0.1) is 11.7 Å². The molecule has 4 aromatic carbocycles. The molecule has 46 heavy (non-hydrogen) atoms. The number of halogens is 4. The number of fused-ring (bicyclic) bond motifs is 1. The predicted molar refractivity (Wildman–Crippen MR) is 165 cm³/mol. The van der Waals surface area contributed by atoms with E-state index in [0.717, 1.165) is 12.1 Å². The molecule has 0 bridgehead atoms. The highest BCUT2D eigenvalue weighted by atomic mass is 19.4. The summed E-state index contributed by atoms with van der Waals surface area (Å²) in [4.78, 5) is 47.7. The summed E-state index contributed by atoms with van der Waals surface area (Å²) in [6.45, 7) is 0. The topological polar surface area (TPSA) is 105 Å². The first-order valence-corrected chi connectivity index (χ1v) is 14.4. The number of hydrogen-bond acceptors (Lipinski definition) is 4. The van der Waals surface area contributed by atoms with Crippen molar-refractivity contribution in [3.63, 3.8) is 0 Å². The van der Waals surface area contributed by atoms with Crippen molar-refractivity contribution in [1.29, 1.82) is 0 Å². The van der Waals surface area contributed by atoms with Gasteiger partial charge in [0.15, 0.2) is 0 Å². The van der Waals surface area contributed by atoms with Crippen LogP contribution in [0.1, 0.15) is 35.1 Å². The number of benzene rings is 4. The zero-order valence-electron chi connectivity index (χ0n) is 24.7. The highest BCUT2D eigenvalue weighted by molar-refractivity contribution is 6.20. The summed E-state index contributed by atoms with van der Waals surface area (Å²) in [6, 6.07) is 28.1. The van der Waals surface area contributed by atoms with E-state index < -0.39 is 60.1 Å². The third-order valence-electron chi connectivity index (χ3n) is 8.14. The molecule has 11 heteroatoms. The normalized spacial score (nSPS) is 16.8. The van der Waals surface area contributed by atoms with Gasteiger partial charge >= 0.3 is 6.18 Å². The van der Waals surface area contributed by atoms with Gasteiger partial charge in [-0.05, 0) is 35.7 Å². The Bertz CT molecular complexity index is 1760. The van der Waals surface area contributed by atoms with Crippen molar-refractivity contribution in [2.75, 3.05) is 11.9 Å². The fourth-order valence-electron chi connectivity index (χ4n) is 5.97.